The maximum absolute atomic E-state index is 13.8. The average Bonchev–Trinajstić information content (AvgIpc) is 3.65. The van der Waals surface area contributed by atoms with Crippen molar-refractivity contribution in [1.29, 1.82) is 5.26 Å². The highest BCUT2D eigenvalue weighted by Crippen LogP contribution is 2.38. The standard InChI is InChI=1S/C28H27ClFN7O/c29-24-12-20(11-23-26(17(13-31)14-32-28(23)24)33-19-2-1-3-22(38)10-19)34-27(16-4-6-18(30)7-5-16)25-15-37(36-35-25)21-8-9-21/h4-7,11-12,14-15,19,21-22,27,34,38H,1-3,8-10H2,(H,32,33)/t19-,22+,27+/m1/s1/i27D. The number of aliphatic hydroxyl groups excluding tert-OH is 1. The Labute approximate surface area is 225 Å². The Morgan fingerprint density at radius 3 is 2.76 bits per heavy atom. The van der Waals surface area contributed by atoms with Gasteiger partial charge in [0.25, 0.3) is 0 Å². The van der Waals surface area contributed by atoms with Crippen molar-refractivity contribution < 1.29 is 10.9 Å². The molecule has 2 heterocycles. The van der Waals surface area contributed by atoms with Crippen LogP contribution in [0.5, 0.6) is 0 Å². The number of halogens is 2. The first kappa shape index (κ1) is 23.4. The molecular formula is C28H27ClFN7O. The van der Waals surface area contributed by atoms with Crippen LogP contribution in [-0.4, -0.2) is 37.2 Å². The summed E-state index contributed by atoms with van der Waals surface area (Å²) in [6, 6.07) is 10.1. The van der Waals surface area contributed by atoms with E-state index in [2.05, 4.69) is 32.0 Å². The number of pyridine rings is 1. The van der Waals surface area contributed by atoms with Gasteiger partial charge in [0.2, 0.25) is 0 Å². The zero-order valence-corrected chi connectivity index (χ0v) is 21.3. The number of hydrogen-bond donors (Lipinski definition) is 3. The first-order valence-corrected chi connectivity index (χ1v) is 13.2. The van der Waals surface area contributed by atoms with Gasteiger partial charge in [-0.1, -0.05) is 28.9 Å². The van der Waals surface area contributed by atoms with Crippen LogP contribution in [0.4, 0.5) is 15.8 Å². The summed E-state index contributed by atoms with van der Waals surface area (Å²) in [5, 5.41) is 36.2. The summed E-state index contributed by atoms with van der Waals surface area (Å²) in [6.45, 7) is 0. The lowest BCUT2D eigenvalue weighted by Gasteiger charge is -2.28. The molecule has 2 aliphatic carbocycles. The third-order valence-corrected chi connectivity index (χ3v) is 7.42. The van der Waals surface area contributed by atoms with Crippen molar-refractivity contribution in [3.8, 4) is 6.07 Å². The minimum Gasteiger partial charge on any atom is -0.393 e. The Balaban J connectivity index is 1.44. The Kier molecular flexibility index (Phi) is 6.27. The maximum Gasteiger partial charge on any atom is 0.123 e. The molecule has 0 bridgehead atoms. The van der Waals surface area contributed by atoms with Crippen LogP contribution in [-0.2, 0) is 0 Å². The van der Waals surface area contributed by atoms with Crippen LogP contribution in [0.2, 0.25) is 5.02 Å². The molecule has 2 aliphatic rings. The monoisotopic (exact) mass is 532 g/mol. The summed E-state index contributed by atoms with van der Waals surface area (Å²) in [5.41, 5.74) is 2.79. The van der Waals surface area contributed by atoms with E-state index in [-0.39, 0.29) is 18.2 Å². The van der Waals surface area contributed by atoms with Gasteiger partial charge in [-0.25, -0.2) is 9.07 Å². The highest BCUT2D eigenvalue weighted by atomic mass is 35.5. The highest BCUT2D eigenvalue weighted by Gasteiger charge is 2.27. The molecule has 0 spiro atoms. The van der Waals surface area contributed by atoms with Crippen LogP contribution in [0, 0.1) is 17.1 Å². The van der Waals surface area contributed by atoms with Gasteiger partial charge in [0.05, 0.1) is 47.5 Å². The van der Waals surface area contributed by atoms with Gasteiger partial charge in [-0.3, -0.25) is 4.98 Å². The second-order valence-electron chi connectivity index (χ2n) is 10.00. The molecule has 194 valence electrons. The molecule has 6 rings (SSSR count). The molecule has 38 heavy (non-hydrogen) atoms. The first-order valence-electron chi connectivity index (χ1n) is 13.3. The Morgan fingerprint density at radius 1 is 1.21 bits per heavy atom. The number of nitriles is 1. The van der Waals surface area contributed by atoms with Gasteiger partial charge in [-0.2, -0.15) is 5.26 Å². The van der Waals surface area contributed by atoms with E-state index in [9.17, 15) is 16.1 Å². The van der Waals surface area contributed by atoms with Crippen LogP contribution >= 0.6 is 11.6 Å². The lowest BCUT2D eigenvalue weighted by Crippen LogP contribution is -2.30. The molecule has 3 atom stereocenters. The zero-order valence-electron chi connectivity index (χ0n) is 21.5. The number of aromatic nitrogens is 4. The summed E-state index contributed by atoms with van der Waals surface area (Å²) >= 11 is 6.70. The van der Waals surface area contributed by atoms with E-state index in [0.29, 0.717) is 50.5 Å². The molecule has 0 aliphatic heterocycles. The van der Waals surface area contributed by atoms with Crippen molar-refractivity contribution in [2.45, 2.75) is 62.7 Å². The zero-order chi connectivity index (χ0) is 27.1. The van der Waals surface area contributed by atoms with Crippen molar-refractivity contribution >= 4 is 33.9 Å². The van der Waals surface area contributed by atoms with Crippen molar-refractivity contribution in [2.75, 3.05) is 10.6 Å². The molecule has 10 heteroatoms. The van der Waals surface area contributed by atoms with E-state index in [1.807, 2.05) is 0 Å². The molecular weight excluding hydrogens is 505 g/mol. The number of fused-ring (bicyclic) bond motifs is 1. The van der Waals surface area contributed by atoms with Crippen LogP contribution in [0.3, 0.4) is 0 Å². The highest BCUT2D eigenvalue weighted by molar-refractivity contribution is 6.35. The van der Waals surface area contributed by atoms with E-state index < -0.39 is 11.8 Å². The second kappa shape index (κ2) is 10.2. The molecule has 2 aromatic heterocycles. The average molecular weight is 533 g/mol. The topological polar surface area (TPSA) is 112 Å². The lowest BCUT2D eigenvalue weighted by molar-refractivity contribution is 0.124. The van der Waals surface area contributed by atoms with Gasteiger partial charge in [0, 0.05) is 23.3 Å². The Hall–Kier alpha value is -3.74. The van der Waals surface area contributed by atoms with E-state index in [0.717, 1.165) is 32.1 Å². The largest absolute Gasteiger partial charge is 0.393 e. The van der Waals surface area contributed by atoms with Crippen LogP contribution < -0.4 is 10.6 Å². The van der Waals surface area contributed by atoms with Crippen LogP contribution in [0.15, 0.2) is 48.8 Å². The van der Waals surface area contributed by atoms with Gasteiger partial charge in [0.1, 0.15) is 17.6 Å². The van der Waals surface area contributed by atoms with E-state index in [1.54, 1.807) is 35.1 Å². The maximum atomic E-state index is 13.8. The first-order chi connectivity index (χ1) is 18.8. The minimum absolute atomic E-state index is 0.00575. The van der Waals surface area contributed by atoms with Crippen LogP contribution in [0.1, 0.15) is 68.8 Å². The summed E-state index contributed by atoms with van der Waals surface area (Å²) in [7, 11) is 0. The molecule has 0 radical (unpaired) electrons. The van der Waals surface area contributed by atoms with Crippen molar-refractivity contribution in [1.82, 2.24) is 20.0 Å². The van der Waals surface area contributed by atoms with Crippen LogP contribution in [0.25, 0.3) is 10.9 Å². The van der Waals surface area contributed by atoms with Crippen molar-refractivity contribution in [3.05, 3.63) is 76.5 Å². The van der Waals surface area contributed by atoms with Crippen molar-refractivity contribution in [3.63, 3.8) is 0 Å². The van der Waals surface area contributed by atoms with Gasteiger partial charge < -0.3 is 15.7 Å². The number of hydrogen-bond acceptors (Lipinski definition) is 7. The predicted molar refractivity (Wildman–Crippen MR) is 144 cm³/mol. The molecule has 0 saturated heterocycles. The Morgan fingerprint density at radius 2 is 2.03 bits per heavy atom. The van der Waals surface area contributed by atoms with E-state index >= 15 is 0 Å². The fourth-order valence-electron chi connectivity index (χ4n) is 5.03. The number of nitrogens with one attached hydrogen (secondary N) is 2. The molecule has 4 aromatic rings. The number of benzene rings is 2. The van der Waals surface area contributed by atoms with Gasteiger partial charge in [0.15, 0.2) is 0 Å². The fraction of sp³-hybridized carbons (Fsp3) is 0.357. The normalized spacial score (nSPS) is 21.4. The number of aliphatic hydroxyl groups is 1. The third-order valence-electron chi connectivity index (χ3n) is 7.13. The lowest BCUT2D eigenvalue weighted by atomic mass is 9.92. The summed E-state index contributed by atoms with van der Waals surface area (Å²) in [5.74, 6) is -0.407. The second-order valence-corrected chi connectivity index (χ2v) is 10.4. The fourth-order valence-corrected chi connectivity index (χ4v) is 5.29. The summed E-state index contributed by atoms with van der Waals surface area (Å²) in [6.07, 6.45) is 7.98. The number of anilines is 2. The smallest absolute Gasteiger partial charge is 0.123 e. The quantitative estimate of drug-likeness (QED) is 0.278. The summed E-state index contributed by atoms with van der Waals surface area (Å²) in [4.78, 5) is 4.43. The molecule has 0 amide bonds. The van der Waals surface area contributed by atoms with Gasteiger partial charge in [-0.15, -0.1) is 5.10 Å². The van der Waals surface area contributed by atoms with Crippen molar-refractivity contribution in [2.24, 2.45) is 0 Å². The van der Waals surface area contributed by atoms with E-state index in [1.165, 1.54) is 18.3 Å². The number of rotatable bonds is 7. The molecule has 2 aromatic carbocycles. The molecule has 8 nitrogen and oxygen atoms in total. The Bertz CT molecular complexity index is 1570. The van der Waals surface area contributed by atoms with Gasteiger partial charge in [-0.05, 0) is 68.4 Å². The minimum atomic E-state index is -1.61. The molecule has 0 unspecified atom stereocenters. The molecule has 2 fully saturated rings. The third kappa shape index (κ3) is 5.02. The van der Waals surface area contributed by atoms with Gasteiger partial charge >= 0.3 is 0 Å². The SMILES string of the molecule is [2H][C@](Nc1cc(Cl)c2ncc(C#N)c(N[C@@H]3CCC[C@H](O)C3)c2c1)(c1ccc(F)cc1)c1cn(C2CC2)nn1. The predicted octanol–water partition coefficient (Wildman–Crippen LogP) is 5.74. The number of nitrogens with zero attached hydrogens (tertiary/aromatic N) is 5. The molecule has 3 N–H and O–H groups in total. The van der Waals surface area contributed by atoms with E-state index in [4.69, 9.17) is 11.6 Å². The molecule has 2 saturated carbocycles. The summed E-state index contributed by atoms with van der Waals surface area (Å²) < 4.78 is 25.1.